The van der Waals surface area contributed by atoms with Crippen LogP contribution in [0.25, 0.3) is 0 Å². The summed E-state index contributed by atoms with van der Waals surface area (Å²) in [6.07, 6.45) is 0.0376. The van der Waals surface area contributed by atoms with Gasteiger partial charge < -0.3 is 0 Å². The highest BCUT2D eigenvalue weighted by Crippen LogP contribution is 2.12. The van der Waals surface area contributed by atoms with E-state index in [2.05, 4.69) is 0 Å². The zero-order valence-electron chi connectivity index (χ0n) is 7.98. The van der Waals surface area contributed by atoms with Crippen LogP contribution in [-0.2, 0) is 15.6 Å². The first-order valence-electron chi connectivity index (χ1n) is 4.35. The van der Waals surface area contributed by atoms with Crippen LogP contribution in [0, 0.1) is 11.3 Å². The van der Waals surface area contributed by atoms with Crippen LogP contribution in [0.5, 0.6) is 0 Å². The molecular formula is C10H10ClNO2S. The van der Waals surface area contributed by atoms with Crippen LogP contribution in [0.4, 0.5) is 0 Å². The summed E-state index contributed by atoms with van der Waals surface area (Å²) in [7, 11) is -3.18. The number of nitrogens with zero attached hydrogens (tertiary/aromatic N) is 1. The van der Waals surface area contributed by atoms with Crippen molar-refractivity contribution in [3.8, 4) is 6.07 Å². The van der Waals surface area contributed by atoms with Gasteiger partial charge in [-0.25, -0.2) is 8.42 Å². The van der Waals surface area contributed by atoms with E-state index in [0.29, 0.717) is 10.6 Å². The Labute approximate surface area is 94.2 Å². The molecule has 5 heteroatoms. The van der Waals surface area contributed by atoms with E-state index in [1.54, 1.807) is 24.3 Å². The third-order valence-electron chi connectivity index (χ3n) is 1.82. The van der Waals surface area contributed by atoms with E-state index >= 15 is 0 Å². The lowest BCUT2D eigenvalue weighted by molar-refractivity contribution is 0.595. The molecule has 0 atom stereocenters. The molecule has 0 amide bonds. The van der Waals surface area contributed by atoms with Gasteiger partial charge in [0, 0.05) is 11.4 Å². The summed E-state index contributed by atoms with van der Waals surface area (Å²) in [5.41, 5.74) is 0.692. The number of sulfone groups is 1. The Morgan fingerprint density at radius 2 is 1.87 bits per heavy atom. The lowest BCUT2D eigenvalue weighted by Gasteiger charge is -2.02. The topological polar surface area (TPSA) is 57.9 Å². The summed E-state index contributed by atoms with van der Waals surface area (Å²) < 4.78 is 22.9. The van der Waals surface area contributed by atoms with Gasteiger partial charge in [-0.1, -0.05) is 23.7 Å². The maximum atomic E-state index is 11.5. The number of nitriles is 1. The standard InChI is InChI=1S/C10H10ClNO2S/c11-10-4-2-9(3-5-10)8-15(13,14)7-1-6-12/h2-5H,1,7-8H2. The molecule has 0 saturated carbocycles. The first-order chi connectivity index (χ1) is 7.03. The van der Waals surface area contributed by atoms with Gasteiger partial charge in [-0.3, -0.25) is 0 Å². The van der Waals surface area contributed by atoms with Crippen LogP contribution < -0.4 is 0 Å². The van der Waals surface area contributed by atoms with Crippen LogP contribution in [0.2, 0.25) is 5.02 Å². The highest BCUT2D eigenvalue weighted by molar-refractivity contribution is 7.90. The molecule has 0 heterocycles. The van der Waals surface area contributed by atoms with Crippen molar-refractivity contribution in [1.29, 1.82) is 5.26 Å². The van der Waals surface area contributed by atoms with Crippen molar-refractivity contribution in [2.45, 2.75) is 12.2 Å². The molecular weight excluding hydrogens is 234 g/mol. The molecule has 0 saturated heterocycles. The molecule has 80 valence electrons. The lowest BCUT2D eigenvalue weighted by Crippen LogP contribution is -2.08. The van der Waals surface area contributed by atoms with Crippen LogP contribution >= 0.6 is 11.6 Å². The number of hydrogen-bond donors (Lipinski definition) is 0. The predicted octanol–water partition coefficient (Wildman–Crippen LogP) is 2.17. The summed E-state index contributed by atoms with van der Waals surface area (Å²) in [6.45, 7) is 0. The van der Waals surface area contributed by atoms with E-state index in [0.717, 1.165) is 0 Å². The van der Waals surface area contributed by atoms with Crippen LogP contribution in [0.1, 0.15) is 12.0 Å². The molecule has 0 aliphatic carbocycles. The van der Waals surface area contributed by atoms with Gasteiger partial charge in [0.05, 0.1) is 17.6 Å². The molecule has 3 nitrogen and oxygen atoms in total. The van der Waals surface area contributed by atoms with Crippen molar-refractivity contribution in [2.24, 2.45) is 0 Å². The van der Waals surface area contributed by atoms with E-state index in [1.807, 2.05) is 6.07 Å². The first-order valence-corrected chi connectivity index (χ1v) is 6.55. The summed E-state index contributed by atoms with van der Waals surface area (Å²) in [5.74, 6) is -0.127. The molecule has 0 aromatic heterocycles. The fraction of sp³-hybridized carbons (Fsp3) is 0.300. The highest BCUT2D eigenvalue weighted by atomic mass is 35.5. The first kappa shape index (κ1) is 12.0. The Balaban J connectivity index is 2.70. The fourth-order valence-electron chi connectivity index (χ4n) is 1.11. The lowest BCUT2D eigenvalue weighted by atomic mass is 10.2. The molecule has 1 rings (SSSR count). The number of halogens is 1. The second-order valence-corrected chi connectivity index (χ2v) is 5.75. The van der Waals surface area contributed by atoms with Gasteiger partial charge in [-0.05, 0) is 17.7 Å². The summed E-state index contributed by atoms with van der Waals surface area (Å²) in [6, 6.07) is 8.46. The summed E-state index contributed by atoms with van der Waals surface area (Å²) >= 11 is 5.67. The van der Waals surface area contributed by atoms with Gasteiger partial charge >= 0.3 is 0 Å². The maximum Gasteiger partial charge on any atom is 0.155 e. The number of benzene rings is 1. The Morgan fingerprint density at radius 1 is 1.27 bits per heavy atom. The molecule has 0 N–H and O–H groups in total. The smallest absolute Gasteiger partial charge is 0.155 e. The maximum absolute atomic E-state index is 11.5. The van der Waals surface area contributed by atoms with Crippen LogP contribution in [0.15, 0.2) is 24.3 Å². The monoisotopic (exact) mass is 243 g/mol. The number of hydrogen-bond acceptors (Lipinski definition) is 3. The zero-order valence-corrected chi connectivity index (χ0v) is 9.55. The van der Waals surface area contributed by atoms with E-state index in [1.165, 1.54) is 0 Å². The largest absolute Gasteiger partial charge is 0.228 e. The van der Waals surface area contributed by atoms with Gasteiger partial charge in [0.15, 0.2) is 9.84 Å². The Kier molecular flexibility index (Phi) is 4.13. The minimum absolute atomic E-state index is 0.0359. The van der Waals surface area contributed by atoms with E-state index < -0.39 is 9.84 Å². The van der Waals surface area contributed by atoms with Crippen LogP contribution in [0.3, 0.4) is 0 Å². The summed E-state index contributed by atoms with van der Waals surface area (Å²) in [5, 5.41) is 8.88. The van der Waals surface area contributed by atoms with Gasteiger partial charge in [0.25, 0.3) is 0 Å². The molecule has 1 aromatic carbocycles. The minimum atomic E-state index is -3.18. The van der Waals surface area contributed by atoms with Crippen molar-refractivity contribution in [3.05, 3.63) is 34.9 Å². The van der Waals surface area contributed by atoms with Crippen LogP contribution in [-0.4, -0.2) is 14.2 Å². The second-order valence-electron chi connectivity index (χ2n) is 3.13. The van der Waals surface area contributed by atoms with Crippen molar-refractivity contribution < 1.29 is 8.42 Å². The van der Waals surface area contributed by atoms with Crippen molar-refractivity contribution >= 4 is 21.4 Å². The third-order valence-corrected chi connectivity index (χ3v) is 3.68. The van der Waals surface area contributed by atoms with Gasteiger partial charge in [-0.15, -0.1) is 0 Å². The zero-order chi connectivity index (χ0) is 11.3. The Hall–Kier alpha value is -1.05. The second kappa shape index (κ2) is 5.15. The average molecular weight is 244 g/mol. The van der Waals surface area contributed by atoms with Gasteiger partial charge in [0.2, 0.25) is 0 Å². The normalized spacial score (nSPS) is 10.9. The SMILES string of the molecule is N#CCCS(=O)(=O)Cc1ccc(Cl)cc1. The van der Waals surface area contributed by atoms with Gasteiger partial charge in [-0.2, -0.15) is 5.26 Å². The summed E-state index contributed by atoms with van der Waals surface area (Å²) in [4.78, 5) is 0. The van der Waals surface area contributed by atoms with E-state index in [-0.39, 0.29) is 17.9 Å². The molecule has 1 aromatic rings. The molecule has 0 bridgehead atoms. The average Bonchev–Trinajstić information content (AvgIpc) is 2.18. The molecule has 0 aliphatic heterocycles. The van der Waals surface area contributed by atoms with E-state index in [9.17, 15) is 8.42 Å². The molecule has 0 spiro atoms. The highest BCUT2D eigenvalue weighted by Gasteiger charge is 2.11. The molecule has 0 radical (unpaired) electrons. The quantitative estimate of drug-likeness (QED) is 0.814. The van der Waals surface area contributed by atoms with Gasteiger partial charge in [0.1, 0.15) is 0 Å². The molecule has 15 heavy (non-hydrogen) atoms. The van der Waals surface area contributed by atoms with E-state index in [4.69, 9.17) is 16.9 Å². The van der Waals surface area contributed by atoms with Crippen molar-refractivity contribution in [1.82, 2.24) is 0 Å². The Bertz CT molecular complexity index is 459. The fourth-order valence-corrected chi connectivity index (χ4v) is 2.48. The van der Waals surface area contributed by atoms with Crippen molar-refractivity contribution in [2.75, 3.05) is 5.75 Å². The van der Waals surface area contributed by atoms with Crippen molar-refractivity contribution in [3.63, 3.8) is 0 Å². The predicted molar refractivity (Wildman–Crippen MR) is 59.2 cm³/mol. The minimum Gasteiger partial charge on any atom is -0.228 e. The Morgan fingerprint density at radius 3 is 2.40 bits per heavy atom. The molecule has 0 fully saturated rings. The molecule has 0 aliphatic rings. The molecule has 0 unspecified atom stereocenters. The number of rotatable bonds is 4. The third kappa shape index (κ3) is 4.32.